The molecule has 1 unspecified atom stereocenters. The molecule has 1 aliphatic rings. The topological polar surface area (TPSA) is 64.6 Å². The molecule has 0 saturated heterocycles. The van der Waals surface area contributed by atoms with Crippen LogP contribution < -0.4 is 14.2 Å². The van der Waals surface area contributed by atoms with E-state index in [2.05, 4.69) is 4.72 Å². The standard InChI is InChI=1S/C24H16ClF2NO4S2/c25-15-5-1-4-14(12-15)23-18-13-16(28-34(29,30)21-8-3-11-33-21)9-10-17(18)22-19(31-23)6-2-7-20(22)32-24(26)27/h1-13,23-24,28H. The number of thiophene rings is 1. The average Bonchev–Trinajstić information content (AvgIpc) is 3.34. The Kier molecular flexibility index (Phi) is 5.93. The molecule has 0 fully saturated rings. The van der Waals surface area contributed by atoms with Gasteiger partial charge in [-0.05, 0) is 59.0 Å². The first-order valence-corrected chi connectivity index (χ1v) is 12.8. The largest absolute Gasteiger partial charge is 0.480 e. The lowest BCUT2D eigenvalue weighted by molar-refractivity contribution is -0.0496. The van der Waals surface area contributed by atoms with Crippen LogP contribution in [-0.2, 0) is 10.0 Å². The number of hydrogen-bond donors (Lipinski definition) is 1. The molecule has 0 saturated carbocycles. The highest BCUT2D eigenvalue weighted by molar-refractivity contribution is 7.94. The summed E-state index contributed by atoms with van der Waals surface area (Å²) in [6.45, 7) is -3.02. The van der Waals surface area contributed by atoms with Crippen LogP contribution in [0.25, 0.3) is 11.1 Å². The molecule has 0 bridgehead atoms. The number of sulfonamides is 1. The molecule has 0 amide bonds. The van der Waals surface area contributed by atoms with E-state index in [1.54, 1.807) is 60.0 Å². The average molecular weight is 520 g/mol. The Morgan fingerprint density at radius 2 is 1.85 bits per heavy atom. The number of nitrogens with one attached hydrogen (secondary N) is 1. The molecule has 174 valence electrons. The second-order valence-electron chi connectivity index (χ2n) is 7.40. The number of hydrogen-bond acceptors (Lipinski definition) is 5. The number of benzene rings is 3. The van der Waals surface area contributed by atoms with Gasteiger partial charge < -0.3 is 9.47 Å². The van der Waals surface area contributed by atoms with E-state index in [-0.39, 0.29) is 9.96 Å². The number of halogens is 3. The lowest BCUT2D eigenvalue weighted by atomic mass is 9.89. The number of alkyl halides is 2. The molecule has 1 N–H and O–H groups in total. The number of anilines is 1. The maximum absolute atomic E-state index is 13.1. The van der Waals surface area contributed by atoms with E-state index in [9.17, 15) is 17.2 Å². The first-order chi connectivity index (χ1) is 16.3. The second-order valence-corrected chi connectivity index (χ2v) is 10.7. The van der Waals surface area contributed by atoms with E-state index < -0.39 is 22.7 Å². The van der Waals surface area contributed by atoms with Crippen molar-refractivity contribution in [2.75, 3.05) is 4.72 Å². The SMILES string of the molecule is O=S(=O)(Nc1ccc2c(c1)C(c1cccc(Cl)c1)Oc1cccc(OC(F)F)c1-2)c1cccs1. The number of rotatable bonds is 6. The number of fused-ring (bicyclic) bond motifs is 3. The molecule has 0 radical (unpaired) electrons. The zero-order valence-electron chi connectivity index (χ0n) is 17.2. The Balaban J connectivity index is 1.65. The predicted octanol–water partition coefficient (Wildman–Crippen LogP) is 6.95. The van der Waals surface area contributed by atoms with Crippen molar-refractivity contribution in [3.05, 3.63) is 94.3 Å². The fourth-order valence-corrected chi connectivity index (χ4v) is 6.11. The second kappa shape index (κ2) is 8.90. The van der Waals surface area contributed by atoms with Crippen LogP contribution in [0, 0.1) is 0 Å². The molecule has 5 rings (SSSR count). The van der Waals surface area contributed by atoms with Crippen molar-refractivity contribution in [2.24, 2.45) is 0 Å². The molecule has 10 heteroatoms. The van der Waals surface area contributed by atoms with Crippen molar-refractivity contribution in [2.45, 2.75) is 16.9 Å². The summed E-state index contributed by atoms with van der Waals surface area (Å²) in [7, 11) is -3.79. The van der Waals surface area contributed by atoms with Crippen LogP contribution in [0.5, 0.6) is 11.5 Å². The highest BCUT2D eigenvalue weighted by Gasteiger charge is 2.31. The quantitative estimate of drug-likeness (QED) is 0.299. The van der Waals surface area contributed by atoms with Gasteiger partial charge in [0.05, 0.1) is 5.56 Å². The maximum Gasteiger partial charge on any atom is 0.387 e. The van der Waals surface area contributed by atoms with Crippen LogP contribution in [-0.4, -0.2) is 15.0 Å². The van der Waals surface area contributed by atoms with Gasteiger partial charge in [-0.25, -0.2) is 8.42 Å². The molecule has 3 aromatic carbocycles. The van der Waals surface area contributed by atoms with Crippen molar-refractivity contribution >= 4 is 38.6 Å². The van der Waals surface area contributed by atoms with Crippen LogP contribution in [0.15, 0.2) is 82.4 Å². The molecule has 5 nitrogen and oxygen atoms in total. The van der Waals surface area contributed by atoms with Crippen LogP contribution in [0.1, 0.15) is 17.2 Å². The van der Waals surface area contributed by atoms with Gasteiger partial charge in [0.1, 0.15) is 21.8 Å². The summed E-state index contributed by atoms with van der Waals surface area (Å²) in [4.78, 5) is 0. The van der Waals surface area contributed by atoms with E-state index >= 15 is 0 Å². The lowest BCUT2D eigenvalue weighted by Gasteiger charge is -2.30. The summed E-state index contributed by atoms with van der Waals surface area (Å²) in [5, 5.41) is 2.17. The fraction of sp³-hybridized carbons (Fsp3) is 0.0833. The third kappa shape index (κ3) is 4.34. The minimum absolute atomic E-state index is 0.0368. The zero-order chi connectivity index (χ0) is 23.9. The Hall–Kier alpha value is -3.14. The monoisotopic (exact) mass is 519 g/mol. The Bertz CT molecular complexity index is 1460. The predicted molar refractivity (Wildman–Crippen MR) is 128 cm³/mol. The first kappa shape index (κ1) is 22.6. The van der Waals surface area contributed by atoms with Crippen molar-refractivity contribution in [3.63, 3.8) is 0 Å². The summed E-state index contributed by atoms with van der Waals surface area (Å²) in [6.07, 6.45) is -0.658. The molecular formula is C24H16ClF2NO4S2. The van der Waals surface area contributed by atoms with E-state index in [1.807, 2.05) is 6.07 Å². The lowest BCUT2D eigenvalue weighted by Crippen LogP contribution is -2.18. The molecule has 0 aliphatic carbocycles. The van der Waals surface area contributed by atoms with Crippen molar-refractivity contribution in [1.29, 1.82) is 0 Å². The van der Waals surface area contributed by atoms with Crippen LogP contribution >= 0.6 is 22.9 Å². The van der Waals surface area contributed by atoms with Gasteiger partial charge in [0, 0.05) is 16.3 Å². The summed E-state index contributed by atoms with van der Waals surface area (Å²) in [5.41, 5.74) is 2.55. The third-order valence-electron chi connectivity index (χ3n) is 5.22. The Morgan fingerprint density at radius 3 is 2.59 bits per heavy atom. The van der Waals surface area contributed by atoms with Gasteiger partial charge in [-0.1, -0.05) is 41.9 Å². The normalized spacial score (nSPS) is 14.8. The van der Waals surface area contributed by atoms with E-state index in [0.717, 1.165) is 16.9 Å². The fourth-order valence-electron chi connectivity index (χ4n) is 3.87. The number of ether oxygens (including phenoxy) is 2. The molecule has 1 aromatic heterocycles. The molecule has 0 spiro atoms. The van der Waals surface area contributed by atoms with Gasteiger partial charge in [0.15, 0.2) is 0 Å². The zero-order valence-corrected chi connectivity index (χ0v) is 19.6. The molecule has 34 heavy (non-hydrogen) atoms. The van der Waals surface area contributed by atoms with Gasteiger partial charge in [-0.2, -0.15) is 8.78 Å². The highest BCUT2D eigenvalue weighted by Crippen LogP contribution is 2.50. The van der Waals surface area contributed by atoms with Crippen molar-refractivity contribution < 1.29 is 26.7 Å². The first-order valence-electron chi connectivity index (χ1n) is 10.0. The minimum Gasteiger partial charge on any atom is -0.480 e. The molecule has 1 atom stereocenters. The van der Waals surface area contributed by atoms with Crippen molar-refractivity contribution in [3.8, 4) is 22.6 Å². The molecular weight excluding hydrogens is 504 g/mol. The van der Waals surface area contributed by atoms with Crippen LogP contribution in [0.4, 0.5) is 14.5 Å². The minimum atomic E-state index is -3.79. The van der Waals surface area contributed by atoms with Gasteiger partial charge in [-0.3, -0.25) is 4.72 Å². The summed E-state index contributed by atoms with van der Waals surface area (Å²) >= 11 is 7.30. The van der Waals surface area contributed by atoms with Gasteiger partial charge in [0.2, 0.25) is 0 Å². The van der Waals surface area contributed by atoms with E-state index in [4.69, 9.17) is 21.1 Å². The summed E-state index contributed by atoms with van der Waals surface area (Å²) in [5.74, 6) is 0.327. The van der Waals surface area contributed by atoms with Gasteiger partial charge >= 0.3 is 6.61 Å². The maximum atomic E-state index is 13.1. The molecule has 4 aromatic rings. The Morgan fingerprint density at radius 1 is 1.03 bits per heavy atom. The van der Waals surface area contributed by atoms with E-state index in [1.165, 1.54) is 12.1 Å². The summed E-state index contributed by atoms with van der Waals surface area (Å²) < 4.78 is 65.4. The Labute approximate surface area is 203 Å². The van der Waals surface area contributed by atoms with Gasteiger partial charge in [0.25, 0.3) is 10.0 Å². The molecule has 2 heterocycles. The summed E-state index contributed by atoms with van der Waals surface area (Å²) in [6, 6.07) is 19.8. The highest BCUT2D eigenvalue weighted by atomic mass is 35.5. The van der Waals surface area contributed by atoms with Gasteiger partial charge in [-0.15, -0.1) is 11.3 Å². The third-order valence-corrected chi connectivity index (χ3v) is 8.23. The van der Waals surface area contributed by atoms with Crippen LogP contribution in [0.2, 0.25) is 5.02 Å². The van der Waals surface area contributed by atoms with Crippen LogP contribution in [0.3, 0.4) is 0 Å². The van der Waals surface area contributed by atoms with Crippen molar-refractivity contribution in [1.82, 2.24) is 0 Å². The van der Waals surface area contributed by atoms with E-state index in [0.29, 0.717) is 33.1 Å². The smallest absolute Gasteiger partial charge is 0.387 e. The molecule has 1 aliphatic heterocycles.